The van der Waals surface area contributed by atoms with Gasteiger partial charge in [-0.2, -0.15) is 4.57 Å². The van der Waals surface area contributed by atoms with Gasteiger partial charge >= 0.3 is 0 Å². The molecule has 0 amide bonds. The number of benzene rings is 2. The standard InChI is InChI=1S/C24H30N/c1-14(2)20-9-10-21-22(13-20)18(6)19(7)25(8)24(21)23-12-15(3)11-16(4)17(23)5/h9-14H,1-8H3/q+1. The van der Waals surface area contributed by atoms with Gasteiger partial charge in [-0.3, -0.25) is 0 Å². The summed E-state index contributed by atoms with van der Waals surface area (Å²) in [6.07, 6.45) is 0. The molecule has 1 heteroatoms. The number of nitrogens with zero attached hydrogens (tertiary/aromatic N) is 1. The molecule has 3 rings (SSSR count). The Morgan fingerprint density at radius 2 is 1.48 bits per heavy atom. The zero-order valence-electron chi connectivity index (χ0n) is 16.9. The van der Waals surface area contributed by atoms with Crippen LogP contribution in [-0.4, -0.2) is 0 Å². The predicted molar refractivity (Wildman–Crippen MR) is 108 cm³/mol. The van der Waals surface area contributed by atoms with Gasteiger partial charge in [0.1, 0.15) is 7.05 Å². The average molecular weight is 333 g/mol. The summed E-state index contributed by atoms with van der Waals surface area (Å²) in [7, 11) is 2.20. The smallest absolute Gasteiger partial charge is 0.198 e. The maximum absolute atomic E-state index is 2.39. The summed E-state index contributed by atoms with van der Waals surface area (Å²) in [6, 6.07) is 11.6. The van der Waals surface area contributed by atoms with E-state index < -0.39 is 0 Å². The minimum Gasteiger partial charge on any atom is -0.198 e. The van der Waals surface area contributed by atoms with Gasteiger partial charge < -0.3 is 0 Å². The van der Waals surface area contributed by atoms with Crippen LogP contribution < -0.4 is 4.57 Å². The normalized spacial score (nSPS) is 11.6. The fraction of sp³-hybridized carbons (Fsp3) is 0.375. The molecule has 0 spiro atoms. The van der Waals surface area contributed by atoms with Crippen molar-refractivity contribution >= 4 is 10.8 Å². The zero-order valence-corrected chi connectivity index (χ0v) is 16.9. The largest absolute Gasteiger partial charge is 0.220 e. The van der Waals surface area contributed by atoms with Gasteiger partial charge in [-0.05, 0) is 67.8 Å². The monoisotopic (exact) mass is 332 g/mol. The molecule has 0 unspecified atom stereocenters. The summed E-state index contributed by atoms with van der Waals surface area (Å²) in [6.45, 7) is 15.7. The van der Waals surface area contributed by atoms with Gasteiger partial charge in [0.15, 0.2) is 5.69 Å². The molecule has 0 saturated carbocycles. The van der Waals surface area contributed by atoms with Crippen LogP contribution in [-0.2, 0) is 7.05 Å². The van der Waals surface area contributed by atoms with Gasteiger partial charge in [0.05, 0.1) is 10.9 Å². The minimum absolute atomic E-state index is 0.546. The third kappa shape index (κ3) is 2.86. The van der Waals surface area contributed by atoms with E-state index in [0.717, 1.165) is 0 Å². The number of pyridine rings is 1. The fourth-order valence-electron chi connectivity index (χ4n) is 3.84. The second-order valence-electron chi connectivity index (χ2n) is 7.83. The van der Waals surface area contributed by atoms with Crippen molar-refractivity contribution in [2.24, 2.45) is 7.05 Å². The van der Waals surface area contributed by atoms with Crippen molar-refractivity contribution in [1.29, 1.82) is 0 Å². The van der Waals surface area contributed by atoms with Crippen LogP contribution in [0.25, 0.3) is 22.0 Å². The molecule has 0 aliphatic carbocycles. The van der Waals surface area contributed by atoms with Crippen molar-refractivity contribution in [2.75, 3.05) is 0 Å². The summed E-state index contributed by atoms with van der Waals surface area (Å²) in [5, 5.41) is 2.73. The van der Waals surface area contributed by atoms with Crippen molar-refractivity contribution in [1.82, 2.24) is 0 Å². The van der Waals surface area contributed by atoms with E-state index >= 15 is 0 Å². The van der Waals surface area contributed by atoms with Crippen molar-refractivity contribution in [3.05, 3.63) is 63.8 Å². The van der Waals surface area contributed by atoms with Crippen LogP contribution >= 0.6 is 0 Å². The molecular formula is C24H30N+. The summed E-state index contributed by atoms with van der Waals surface area (Å²) < 4.78 is 2.37. The second-order valence-corrected chi connectivity index (χ2v) is 7.83. The van der Waals surface area contributed by atoms with Crippen LogP contribution in [0, 0.1) is 34.6 Å². The molecule has 0 fully saturated rings. The lowest BCUT2D eigenvalue weighted by Crippen LogP contribution is -2.36. The Morgan fingerprint density at radius 3 is 2.12 bits per heavy atom. The van der Waals surface area contributed by atoms with Gasteiger partial charge in [-0.15, -0.1) is 0 Å². The second kappa shape index (κ2) is 6.29. The molecule has 0 saturated heterocycles. The Kier molecular flexibility index (Phi) is 4.45. The predicted octanol–water partition coefficient (Wildman–Crippen LogP) is 6.00. The average Bonchev–Trinajstić information content (AvgIpc) is 2.56. The summed E-state index contributed by atoms with van der Waals surface area (Å²) in [4.78, 5) is 0. The molecule has 1 heterocycles. The Hall–Kier alpha value is -2.15. The number of fused-ring (bicyclic) bond motifs is 1. The topological polar surface area (TPSA) is 3.88 Å². The summed E-state index contributed by atoms with van der Waals surface area (Å²) >= 11 is 0. The van der Waals surface area contributed by atoms with Gasteiger partial charge in [-0.1, -0.05) is 37.6 Å². The van der Waals surface area contributed by atoms with E-state index in [1.165, 1.54) is 55.5 Å². The molecule has 0 aliphatic heterocycles. The van der Waals surface area contributed by atoms with Crippen molar-refractivity contribution in [2.45, 2.75) is 54.4 Å². The molecule has 1 aromatic heterocycles. The van der Waals surface area contributed by atoms with E-state index in [-0.39, 0.29) is 0 Å². The van der Waals surface area contributed by atoms with Crippen molar-refractivity contribution < 1.29 is 4.57 Å². The first-order chi connectivity index (χ1) is 11.7. The number of aromatic nitrogens is 1. The highest BCUT2D eigenvalue weighted by Gasteiger charge is 2.23. The van der Waals surface area contributed by atoms with E-state index in [1.54, 1.807) is 0 Å². The molecule has 0 atom stereocenters. The third-order valence-corrected chi connectivity index (χ3v) is 5.82. The van der Waals surface area contributed by atoms with E-state index in [4.69, 9.17) is 0 Å². The maximum Gasteiger partial charge on any atom is 0.220 e. The van der Waals surface area contributed by atoms with Crippen LogP contribution in [0.1, 0.15) is 53.3 Å². The highest BCUT2D eigenvalue weighted by molar-refractivity contribution is 5.96. The maximum atomic E-state index is 2.39. The molecule has 3 aromatic rings. The highest BCUT2D eigenvalue weighted by atomic mass is 14.9. The van der Waals surface area contributed by atoms with E-state index in [9.17, 15) is 0 Å². The van der Waals surface area contributed by atoms with Crippen LogP contribution in [0.5, 0.6) is 0 Å². The van der Waals surface area contributed by atoms with Crippen LogP contribution in [0.4, 0.5) is 0 Å². The van der Waals surface area contributed by atoms with Crippen LogP contribution in [0.2, 0.25) is 0 Å². The molecule has 0 N–H and O–H groups in total. The van der Waals surface area contributed by atoms with Gasteiger partial charge in [0, 0.05) is 12.5 Å². The summed E-state index contributed by atoms with van der Waals surface area (Å²) in [5.74, 6) is 0.546. The lowest BCUT2D eigenvalue weighted by molar-refractivity contribution is -0.665. The first-order valence-electron chi connectivity index (χ1n) is 9.23. The fourth-order valence-corrected chi connectivity index (χ4v) is 3.84. The lowest BCUT2D eigenvalue weighted by atomic mass is 9.91. The van der Waals surface area contributed by atoms with Crippen molar-refractivity contribution in [3.8, 4) is 11.3 Å². The van der Waals surface area contributed by atoms with Gasteiger partial charge in [-0.25, -0.2) is 0 Å². The van der Waals surface area contributed by atoms with E-state index in [2.05, 4.69) is 90.4 Å². The number of hydrogen-bond acceptors (Lipinski definition) is 0. The Labute approximate surface area is 152 Å². The molecule has 0 aliphatic rings. The first-order valence-corrected chi connectivity index (χ1v) is 9.23. The lowest BCUT2D eigenvalue weighted by Gasteiger charge is -2.16. The molecular weight excluding hydrogens is 302 g/mol. The quantitative estimate of drug-likeness (QED) is 0.507. The molecule has 130 valence electrons. The molecule has 2 aromatic carbocycles. The van der Waals surface area contributed by atoms with Crippen LogP contribution in [0.3, 0.4) is 0 Å². The SMILES string of the molecule is Cc1cc(C)c(C)c(-c2c3ccc(C(C)C)cc3c(C)c(C)[n+]2C)c1. The molecule has 1 nitrogen and oxygen atoms in total. The van der Waals surface area contributed by atoms with Gasteiger partial charge in [0.2, 0.25) is 5.69 Å². The van der Waals surface area contributed by atoms with Crippen molar-refractivity contribution in [3.63, 3.8) is 0 Å². The highest BCUT2D eigenvalue weighted by Crippen LogP contribution is 2.34. The van der Waals surface area contributed by atoms with Gasteiger partial charge in [0.25, 0.3) is 0 Å². The number of aryl methyl sites for hydroxylation is 3. The van der Waals surface area contributed by atoms with E-state index in [1.807, 2.05) is 0 Å². The molecule has 0 bridgehead atoms. The first kappa shape index (κ1) is 17.7. The van der Waals surface area contributed by atoms with Crippen LogP contribution in [0.15, 0.2) is 30.3 Å². The number of rotatable bonds is 2. The Balaban J connectivity index is 2.47. The van der Waals surface area contributed by atoms with E-state index in [0.29, 0.717) is 5.92 Å². The molecule has 0 radical (unpaired) electrons. The summed E-state index contributed by atoms with van der Waals surface area (Å²) in [5.41, 5.74) is 10.9. The number of hydrogen-bond donors (Lipinski definition) is 0. The zero-order chi connectivity index (χ0) is 18.5. The Bertz CT molecular complexity index is 978. The Morgan fingerprint density at radius 1 is 0.800 bits per heavy atom. The molecule has 25 heavy (non-hydrogen) atoms. The minimum atomic E-state index is 0.546. The third-order valence-electron chi connectivity index (χ3n) is 5.82.